The summed E-state index contributed by atoms with van der Waals surface area (Å²) < 4.78 is 11.8. The highest BCUT2D eigenvalue weighted by atomic mass is 32.2. The Morgan fingerprint density at radius 1 is 1.07 bits per heavy atom. The van der Waals surface area contributed by atoms with Crippen LogP contribution in [0.15, 0.2) is 53.7 Å². The van der Waals surface area contributed by atoms with Gasteiger partial charge in [0.25, 0.3) is 0 Å². The SMILES string of the molecule is COc1ccc(Cc2nnc(SCC(=O)NCc3cccc(OC)c3)n2N)cc1. The molecule has 29 heavy (non-hydrogen) atoms. The Hall–Kier alpha value is -3.20. The molecule has 0 bridgehead atoms. The molecular weight excluding hydrogens is 390 g/mol. The van der Waals surface area contributed by atoms with Crippen LogP contribution in [0, 0.1) is 0 Å². The van der Waals surface area contributed by atoms with E-state index in [9.17, 15) is 4.79 Å². The number of carbonyl (C=O) groups excluding carboxylic acids is 1. The Balaban J connectivity index is 1.50. The van der Waals surface area contributed by atoms with Gasteiger partial charge in [-0.1, -0.05) is 36.0 Å². The molecule has 1 heterocycles. The quantitative estimate of drug-likeness (QED) is 0.408. The van der Waals surface area contributed by atoms with Gasteiger partial charge in [-0.05, 0) is 35.4 Å². The van der Waals surface area contributed by atoms with Gasteiger partial charge in [-0.25, -0.2) is 4.68 Å². The van der Waals surface area contributed by atoms with Gasteiger partial charge in [-0.3, -0.25) is 4.79 Å². The number of rotatable bonds is 9. The molecule has 0 radical (unpaired) electrons. The topological polar surface area (TPSA) is 104 Å². The predicted molar refractivity (Wildman–Crippen MR) is 112 cm³/mol. The number of amides is 1. The molecule has 0 aliphatic carbocycles. The van der Waals surface area contributed by atoms with Crippen molar-refractivity contribution in [2.75, 3.05) is 25.8 Å². The van der Waals surface area contributed by atoms with Crippen LogP contribution in [-0.4, -0.2) is 40.8 Å². The average molecular weight is 414 g/mol. The second-order valence-electron chi connectivity index (χ2n) is 6.21. The van der Waals surface area contributed by atoms with E-state index < -0.39 is 0 Å². The van der Waals surface area contributed by atoms with Gasteiger partial charge in [0.15, 0.2) is 5.82 Å². The van der Waals surface area contributed by atoms with E-state index in [-0.39, 0.29) is 11.7 Å². The molecule has 8 nitrogen and oxygen atoms in total. The number of nitrogens with one attached hydrogen (secondary N) is 1. The van der Waals surface area contributed by atoms with Gasteiger partial charge in [0.1, 0.15) is 11.5 Å². The van der Waals surface area contributed by atoms with E-state index in [0.29, 0.717) is 23.9 Å². The number of ether oxygens (including phenoxy) is 2. The lowest BCUT2D eigenvalue weighted by atomic mass is 10.1. The van der Waals surface area contributed by atoms with Crippen molar-refractivity contribution >= 4 is 17.7 Å². The number of hydrogen-bond donors (Lipinski definition) is 2. The minimum absolute atomic E-state index is 0.113. The fourth-order valence-corrected chi connectivity index (χ4v) is 3.32. The second kappa shape index (κ2) is 9.83. The number of carbonyl (C=O) groups is 1. The number of benzene rings is 2. The Morgan fingerprint density at radius 2 is 1.83 bits per heavy atom. The smallest absolute Gasteiger partial charge is 0.230 e. The van der Waals surface area contributed by atoms with Crippen molar-refractivity contribution in [3.8, 4) is 11.5 Å². The summed E-state index contributed by atoms with van der Waals surface area (Å²) in [6.07, 6.45) is 0.538. The van der Waals surface area contributed by atoms with E-state index in [0.717, 1.165) is 22.6 Å². The van der Waals surface area contributed by atoms with Crippen molar-refractivity contribution in [3.05, 3.63) is 65.5 Å². The number of nitrogen functional groups attached to an aromatic ring is 1. The second-order valence-corrected chi connectivity index (χ2v) is 7.15. The molecule has 3 N–H and O–H groups in total. The molecule has 0 atom stereocenters. The molecule has 1 aromatic heterocycles. The lowest BCUT2D eigenvalue weighted by molar-refractivity contribution is -0.118. The fraction of sp³-hybridized carbons (Fsp3) is 0.250. The maximum atomic E-state index is 12.1. The van der Waals surface area contributed by atoms with E-state index in [4.69, 9.17) is 15.3 Å². The van der Waals surface area contributed by atoms with Crippen molar-refractivity contribution in [1.82, 2.24) is 20.2 Å². The summed E-state index contributed by atoms with van der Waals surface area (Å²) in [5, 5.41) is 11.6. The van der Waals surface area contributed by atoms with Gasteiger partial charge in [-0.15, -0.1) is 10.2 Å². The highest BCUT2D eigenvalue weighted by Crippen LogP contribution is 2.18. The van der Waals surface area contributed by atoms with Crippen molar-refractivity contribution in [3.63, 3.8) is 0 Å². The van der Waals surface area contributed by atoms with Crippen molar-refractivity contribution in [1.29, 1.82) is 0 Å². The van der Waals surface area contributed by atoms with Gasteiger partial charge in [0.2, 0.25) is 11.1 Å². The molecule has 0 spiro atoms. The largest absolute Gasteiger partial charge is 0.497 e. The number of hydrogen-bond acceptors (Lipinski definition) is 7. The van der Waals surface area contributed by atoms with Crippen LogP contribution in [0.1, 0.15) is 17.0 Å². The average Bonchev–Trinajstić information content (AvgIpc) is 3.10. The lowest BCUT2D eigenvalue weighted by Crippen LogP contribution is -2.25. The van der Waals surface area contributed by atoms with E-state index in [1.807, 2.05) is 48.5 Å². The number of nitrogens with two attached hydrogens (primary N) is 1. The van der Waals surface area contributed by atoms with Crippen molar-refractivity contribution < 1.29 is 14.3 Å². The molecule has 2 aromatic carbocycles. The highest BCUT2D eigenvalue weighted by molar-refractivity contribution is 7.99. The molecule has 0 saturated heterocycles. The number of methoxy groups -OCH3 is 2. The summed E-state index contributed by atoms with van der Waals surface area (Å²) in [5.74, 6) is 8.34. The van der Waals surface area contributed by atoms with Gasteiger partial charge < -0.3 is 20.6 Å². The standard InChI is InChI=1S/C20H23N5O3S/c1-27-16-8-6-14(7-9-16)11-18-23-24-20(25(18)21)29-13-19(26)22-12-15-4-3-5-17(10-15)28-2/h3-10H,11-13,21H2,1-2H3,(H,22,26). The summed E-state index contributed by atoms with van der Waals surface area (Å²) in [6, 6.07) is 15.2. The molecule has 3 aromatic rings. The van der Waals surface area contributed by atoms with Crippen LogP contribution in [0.25, 0.3) is 0 Å². The monoisotopic (exact) mass is 413 g/mol. The molecule has 0 unspecified atom stereocenters. The first kappa shape index (κ1) is 20.5. The third kappa shape index (κ3) is 5.64. The number of thioether (sulfide) groups is 1. The predicted octanol–water partition coefficient (Wildman–Crippen LogP) is 2.01. The fourth-order valence-electron chi connectivity index (χ4n) is 2.62. The molecule has 1 amide bonds. The van der Waals surface area contributed by atoms with Gasteiger partial charge in [0, 0.05) is 13.0 Å². The third-order valence-corrected chi connectivity index (χ3v) is 5.16. The molecule has 0 saturated carbocycles. The number of nitrogens with zero attached hydrogens (tertiary/aromatic N) is 3. The van der Waals surface area contributed by atoms with Gasteiger partial charge in [0.05, 0.1) is 20.0 Å². The summed E-state index contributed by atoms with van der Waals surface area (Å²) in [7, 11) is 3.24. The molecule has 3 rings (SSSR count). The first-order chi connectivity index (χ1) is 14.1. The molecule has 152 valence electrons. The van der Waals surface area contributed by atoms with E-state index >= 15 is 0 Å². The first-order valence-corrected chi connectivity index (χ1v) is 9.92. The minimum atomic E-state index is -0.113. The molecule has 0 aliphatic heterocycles. The minimum Gasteiger partial charge on any atom is -0.497 e. The number of aromatic nitrogens is 3. The van der Waals surface area contributed by atoms with Gasteiger partial charge >= 0.3 is 0 Å². The van der Waals surface area contributed by atoms with Crippen LogP contribution in [0.3, 0.4) is 0 Å². The van der Waals surface area contributed by atoms with Crippen LogP contribution in [-0.2, 0) is 17.8 Å². The molecule has 9 heteroatoms. The third-order valence-electron chi connectivity index (χ3n) is 4.21. The normalized spacial score (nSPS) is 10.6. The van der Waals surface area contributed by atoms with Crippen LogP contribution in [0.2, 0.25) is 0 Å². The van der Waals surface area contributed by atoms with Crippen molar-refractivity contribution in [2.24, 2.45) is 0 Å². The molecule has 0 fully saturated rings. The van der Waals surface area contributed by atoms with E-state index in [1.165, 1.54) is 16.4 Å². The van der Waals surface area contributed by atoms with E-state index in [1.54, 1.807) is 14.2 Å². The Labute approximate surface area is 173 Å². The Kier molecular flexibility index (Phi) is 6.96. The van der Waals surface area contributed by atoms with Crippen LogP contribution in [0.5, 0.6) is 11.5 Å². The Morgan fingerprint density at radius 3 is 2.55 bits per heavy atom. The highest BCUT2D eigenvalue weighted by Gasteiger charge is 2.13. The van der Waals surface area contributed by atoms with Crippen molar-refractivity contribution in [2.45, 2.75) is 18.1 Å². The van der Waals surface area contributed by atoms with Crippen LogP contribution < -0.4 is 20.6 Å². The van der Waals surface area contributed by atoms with E-state index in [2.05, 4.69) is 15.5 Å². The molecule has 0 aliphatic rings. The molecular formula is C20H23N5O3S. The lowest BCUT2D eigenvalue weighted by Gasteiger charge is -2.07. The van der Waals surface area contributed by atoms with Crippen LogP contribution >= 0.6 is 11.8 Å². The maximum Gasteiger partial charge on any atom is 0.230 e. The summed E-state index contributed by atoms with van der Waals surface area (Å²) >= 11 is 1.24. The Bertz CT molecular complexity index is 959. The zero-order chi connectivity index (χ0) is 20.6. The summed E-state index contributed by atoms with van der Waals surface area (Å²) in [6.45, 7) is 0.425. The maximum absolute atomic E-state index is 12.1. The van der Waals surface area contributed by atoms with Crippen LogP contribution in [0.4, 0.5) is 0 Å². The zero-order valence-corrected chi connectivity index (χ0v) is 17.1. The first-order valence-electron chi connectivity index (χ1n) is 8.93. The van der Waals surface area contributed by atoms with Gasteiger partial charge in [-0.2, -0.15) is 0 Å². The zero-order valence-electron chi connectivity index (χ0n) is 16.3. The summed E-state index contributed by atoms with van der Waals surface area (Å²) in [5.41, 5.74) is 2.00. The summed E-state index contributed by atoms with van der Waals surface area (Å²) in [4.78, 5) is 12.1.